The third-order valence-corrected chi connectivity index (χ3v) is 1.22. The molecule has 2 N–H and O–H groups in total. The fourth-order valence-electron chi connectivity index (χ4n) is 0.671. The number of hydrogen-bond acceptors (Lipinski definition) is 2. The van der Waals surface area contributed by atoms with Crippen molar-refractivity contribution < 1.29 is 14.7 Å². The van der Waals surface area contributed by atoms with Gasteiger partial charge in [-0.2, -0.15) is 0 Å². The van der Waals surface area contributed by atoms with Gasteiger partial charge in [0.25, 0.3) is 0 Å². The average Bonchev–Trinajstić information content (AvgIpc) is 1.98. The Hall–Kier alpha value is -1.32. The fourth-order valence-corrected chi connectivity index (χ4v) is 0.671. The lowest BCUT2D eigenvalue weighted by atomic mass is 10.3. The second kappa shape index (κ2) is 6.39. The molecule has 0 saturated heterocycles. The summed E-state index contributed by atoms with van der Waals surface area (Å²) in [7, 11) is 0. The minimum absolute atomic E-state index is 0.0916. The summed E-state index contributed by atoms with van der Waals surface area (Å²) in [5.74, 6) is -0.955. The molecule has 0 aliphatic rings. The molecule has 0 aromatic heterocycles. The van der Waals surface area contributed by atoms with Crippen LogP contribution in [0.1, 0.15) is 19.3 Å². The van der Waals surface area contributed by atoms with Crippen molar-refractivity contribution in [3.63, 3.8) is 0 Å². The number of carboxylic acid groups (broad SMARTS) is 1. The zero-order valence-corrected chi connectivity index (χ0v) is 6.88. The molecule has 0 rings (SSSR count). The van der Waals surface area contributed by atoms with E-state index in [1.54, 1.807) is 0 Å². The molecule has 1 amide bonds. The Labute approximate surface area is 71.3 Å². The van der Waals surface area contributed by atoms with Gasteiger partial charge in [-0.25, -0.2) is 0 Å². The molecule has 0 aliphatic heterocycles. The Bertz CT molecular complexity index is 177. The summed E-state index contributed by atoms with van der Waals surface area (Å²) in [4.78, 5) is 20.8. The third kappa shape index (κ3) is 6.80. The van der Waals surface area contributed by atoms with Crippen LogP contribution in [0, 0.1) is 0 Å². The maximum Gasteiger partial charge on any atom is 0.303 e. The van der Waals surface area contributed by atoms with Crippen molar-refractivity contribution in [1.82, 2.24) is 5.32 Å². The number of carboxylic acids is 1. The Morgan fingerprint density at radius 1 is 1.50 bits per heavy atom. The van der Waals surface area contributed by atoms with Gasteiger partial charge in [0.2, 0.25) is 5.91 Å². The van der Waals surface area contributed by atoms with Gasteiger partial charge in [0.15, 0.2) is 0 Å². The van der Waals surface area contributed by atoms with Crippen LogP contribution in [0.25, 0.3) is 0 Å². The first-order valence-corrected chi connectivity index (χ1v) is 3.76. The van der Waals surface area contributed by atoms with E-state index in [0.717, 1.165) is 0 Å². The summed E-state index contributed by atoms with van der Waals surface area (Å²) < 4.78 is 0. The Kier molecular flexibility index (Phi) is 5.69. The Morgan fingerprint density at radius 2 is 2.17 bits per heavy atom. The van der Waals surface area contributed by atoms with Crippen molar-refractivity contribution in [1.29, 1.82) is 0 Å². The van der Waals surface area contributed by atoms with Crippen LogP contribution in [-0.4, -0.2) is 23.5 Å². The van der Waals surface area contributed by atoms with E-state index in [1.807, 2.05) is 0 Å². The van der Waals surface area contributed by atoms with E-state index in [-0.39, 0.29) is 18.7 Å². The average molecular weight is 171 g/mol. The predicted octanol–water partition coefficient (Wildman–Crippen LogP) is 0.544. The van der Waals surface area contributed by atoms with E-state index in [0.29, 0.717) is 13.0 Å². The summed E-state index contributed by atoms with van der Waals surface area (Å²) in [6, 6.07) is 0. The third-order valence-electron chi connectivity index (χ3n) is 1.22. The molecule has 0 unspecified atom stereocenters. The van der Waals surface area contributed by atoms with Gasteiger partial charge in [0, 0.05) is 19.4 Å². The van der Waals surface area contributed by atoms with Gasteiger partial charge >= 0.3 is 5.97 Å². The van der Waals surface area contributed by atoms with Gasteiger partial charge < -0.3 is 10.4 Å². The standard InChI is InChI=1S/C8H13NO3/c1-2-4-7(10)9-6-3-5-8(11)12/h2H,1,3-6H2,(H,9,10)(H,11,12). The zero-order valence-electron chi connectivity index (χ0n) is 6.88. The van der Waals surface area contributed by atoms with E-state index < -0.39 is 5.97 Å². The van der Waals surface area contributed by atoms with Crippen LogP contribution in [0.2, 0.25) is 0 Å². The summed E-state index contributed by atoms with van der Waals surface area (Å²) in [5, 5.41) is 10.8. The van der Waals surface area contributed by atoms with Gasteiger partial charge in [0.1, 0.15) is 0 Å². The topological polar surface area (TPSA) is 66.4 Å². The summed E-state index contributed by atoms with van der Waals surface area (Å²) >= 11 is 0. The number of carbonyl (C=O) groups is 2. The van der Waals surface area contributed by atoms with Crippen LogP contribution in [0.15, 0.2) is 12.7 Å². The normalized spacial score (nSPS) is 9.00. The monoisotopic (exact) mass is 171 g/mol. The summed E-state index contributed by atoms with van der Waals surface area (Å²) in [6.45, 7) is 3.82. The molecule has 0 fully saturated rings. The van der Waals surface area contributed by atoms with Crippen LogP contribution in [0.3, 0.4) is 0 Å². The number of aliphatic carboxylic acids is 1. The highest BCUT2D eigenvalue weighted by molar-refractivity contribution is 5.77. The van der Waals surface area contributed by atoms with Crippen LogP contribution in [0.5, 0.6) is 0 Å². The van der Waals surface area contributed by atoms with Crippen molar-refractivity contribution in [2.45, 2.75) is 19.3 Å². The Morgan fingerprint density at radius 3 is 2.67 bits per heavy atom. The molecule has 12 heavy (non-hydrogen) atoms. The van der Waals surface area contributed by atoms with E-state index in [1.165, 1.54) is 6.08 Å². The predicted molar refractivity (Wildman–Crippen MR) is 44.7 cm³/mol. The molecule has 4 nitrogen and oxygen atoms in total. The molecule has 0 spiro atoms. The molecular weight excluding hydrogens is 158 g/mol. The molecule has 0 aromatic carbocycles. The highest BCUT2D eigenvalue weighted by atomic mass is 16.4. The van der Waals surface area contributed by atoms with Gasteiger partial charge in [0.05, 0.1) is 0 Å². The highest BCUT2D eigenvalue weighted by Crippen LogP contribution is 1.87. The van der Waals surface area contributed by atoms with Crippen molar-refractivity contribution in [2.24, 2.45) is 0 Å². The van der Waals surface area contributed by atoms with E-state index >= 15 is 0 Å². The highest BCUT2D eigenvalue weighted by Gasteiger charge is 1.98. The van der Waals surface area contributed by atoms with Crippen LogP contribution >= 0.6 is 0 Å². The SMILES string of the molecule is C=CCC(=O)NCCCC(=O)O. The van der Waals surface area contributed by atoms with Crippen LogP contribution < -0.4 is 5.32 Å². The lowest BCUT2D eigenvalue weighted by Crippen LogP contribution is -2.23. The molecule has 0 saturated carbocycles. The molecule has 0 atom stereocenters. The molecular formula is C8H13NO3. The Balaban J connectivity index is 3.25. The minimum atomic E-state index is -0.840. The number of nitrogens with one attached hydrogen (secondary N) is 1. The second-order valence-corrected chi connectivity index (χ2v) is 2.34. The van der Waals surface area contributed by atoms with Crippen LogP contribution in [0.4, 0.5) is 0 Å². The first-order valence-electron chi connectivity index (χ1n) is 3.76. The molecule has 4 heteroatoms. The zero-order chi connectivity index (χ0) is 9.40. The molecule has 0 aromatic rings. The summed E-state index contributed by atoms with van der Waals surface area (Å²) in [5.41, 5.74) is 0. The number of carbonyl (C=O) groups excluding carboxylic acids is 1. The van der Waals surface area contributed by atoms with Gasteiger partial charge in [-0.15, -0.1) is 6.58 Å². The van der Waals surface area contributed by atoms with Crippen molar-refractivity contribution in [3.05, 3.63) is 12.7 Å². The number of hydrogen-bond donors (Lipinski definition) is 2. The molecule has 0 radical (unpaired) electrons. The van der Waals surface area contributed by atoms with E-state index in [2.05, 4.69) is 11.9 Å². The number of rotatable bonds is 6. The molecule has 68 valence electrons. The fraction of sp³-hybridized carbons (Fsp3) is 0.500. The van der Waals surface area contributed by atoms with E-state index in [4.69, 9.17) is 5.11 Å². The van der Waals surface area contributed by atoms with Crippen molar-refractivity contribution >= 4 is 11.9 Å². The second-order valence-electron chi connectivity index (χ2n) is 2.34. The molecule has 0 bridgehead atoms. The quantitative estimate of drug-likeness (QED) is 0.453. The summed E-state index contributed by atoms with van der Waals surface area (Å²) in [6.07, 6.45) is 2.35. The van der Waals surface area contributed by atoms with Gasteiger partial charge in [-0.05, 0) is 6.42 Å². The smallest absolute Gasteiger partial charge is 0.303 e. The van der Waals surface area contributed by atoms with Crippen molar-refractivity contribution in [2.75, 3.05) is 6.54 Å². The minimum Gasteiger partial charge on any atom is -0.481 e. The lowest BCUT2D eigenvalue weighted by Gasteiger charge is -2.00. The lowest BCUT2D eigenvalue weighted by molar-refractivity contribution is -0.137. The van der Waals surface area contributed by atoms with Crippen LogP contribution in [-0.2, 0) is 9.59 Å². The van der Waals surface area contributed by atoms with Gasteiger partial charge in [-0.1, -0.05) is 6.08 Å². The maximum atomic E-state index is 10.8. The largest absolute Gasteiger partial charge is 0.481 e. The molecule has 0 heterocycles. The number of amides is 1. The maximum absolute atomic E-state index is 10.8. The van der Waals surface area contributed by atoms with E-state index in [9.17, 15) is 9.59 Å². The first kappa shape index (κ1) is 10.7. The first-order chi connectivity index (χ1) is 5.66. The van der Waals surface area contributed by atoms with Crippen molar-refractivity contribution in [3.8, 4) is 0 Å². The molecule has 0 aliphatic carbocycles. The van der Waals surface area contributed by atoms with Gasteiger partial charge in [-0.3, -0.25) is 9.59 Å².